The molecule has 0 bridgehead atoms. The molecule has 0 aromatic carbocycles. The lowest BCUT2D eigenvalue weighted by molar-refractivity contribution is 0.0647. The van der Waals surface area contributed by atoms with Gasteiger partial charge in [-0.2, -0.15) is 0 Å². The molecule has 128 valence electrons. The molecule has 2 saturated heterocycles. The molecular formula is C17H28N4OS. The van der Waals surface area contributed by atoms with Crippen molar-refractivity contribution in [3.63, 3.8) is 0 Å². The number of likely N-dealkylation sites (N-methyl/N-ethyl adjacent to an activating group) is 1. The van der Waals surface area contributed by atoms with Crippen molar-refractivity contribution in [2.45, 2.75) is 33.1 Å². The van der Waals surface area contributed by atoms with Crippen LogP contribution in [0.5, 0.6) is 0 Å². The van der Waals surface area contributed by atoms with E-state index in [9.17, 15) is 4.79 Å². The highest BCUT2D eigenvalue weighted by Crippen LogP contribution is 2.22. The van der Waals surface area contributed by atoms with Crippen LogP contribution in [-0.4, -0.2) is 77.9 Å². The maximum Gasteiger partial charge on any atom is 0.265 e. The number of rotatable bonds is 5. The number of aryl methyl sites for hydroxylation is 1. The van der Waals surface area contributed by atoms with Crippen molar-refractivity contribution in [1.29, 1.82) is 0 Å². The lowest BCUT2D eigenvalue weighted by Gasteiger charge is -2.33. The van der Waals surface area contributed by atoms with Gasteiger partial charge in [-0.05, 0) is 39.4 Å². The lowest BCUT2D eigenvalue weighted by Crippen LogP contribution is -2.48. The van der Waals surface area contributed by atoms with E-state index in [0.29, 0.717) is 0 Å². The van der Waals surface area contributed by atoms with Gasteiger partial charge in [-0.1, -0.05) is 6.92 Å². The van der Waals surface area contributed by atoms with E-state index in [-0.39, 0.29) is 5.91 Å². The molecule has 3 rings (SSSR count). The second kappa shape index (κ2) is 7.73. The molecule has 2 aliphatic heterocycles. The van der Waals surface area contributed by atoms with Gasteiger partial charge < -0.3 is 14.7 Å². The number of hydrogen-bond donors (Lipinski definition) is 0. The van der Waals surface area contributed by atoms with E-state index < -0.39 is 0 Å². The molecule has 0 N–H and O–H groups in total. The Balaban J connectivity index is 1.57. The minimum absolute atomic E-state index is 0.183. The SMILES string of the molecule is CCN1CCN(C(=O)c2sc(CCN3CCCC3)nc2C)CC1. The third-order valence-corrected chi connectivity index (χ3v) is 6.19. The van der Waals surface area contributed by atoms with E-state index in [0.717, 1.165) is 61.3 Å². The Labute approximate surface area is 143 Å². The zero-order chi connectivity index (χ0) is 16.2. The van der Waals surface area contributed by atoms with E-state index in [1.165, 1.54) is 25.9 Å². The molecule has 0 spiro atoms. The smallest absolute Gasteiger partial charge is 0.265 e. The van der Waals surface area contributed by atoms with Crippen LogP contribution in [0, 0.1) is 6.92 Å². The topological polar surface area (TPSA) is 39.7 Å². The summed E-state index contributed by atoms with van der Waals surface area (Å²) in [6.07, 6.45) is 3.62. The Bertz CT molecular complexity index is 531. The molecule has 23 heavy (non-hydrogen) atoms. The monoisotopic (exact) mass is 336 g/mol. The molecule has 0 atom stereocenters. The minimum Gasteiger partial charge on any atom is -0.335 e. The van der Waals surface area contributed by atoms with Gasteiger partial charge in [-0.25, -0.2) is 4.98 Å². The summed E-state index contributed by atoms with van der Waals surface area (Å²) >= 11 is 1.61. The molecule has 0 aliphatic carbocycles. The zero-order valence-electron chi connectivity index (χ0n) is 14.4. The van der Waals surface area contributed by atoms with E-state index in [2.05, 4.69) is 21.7 Å². The van der Waals surface area contributed by atoms with Crippen molar-refractivity contribution in [1.82, 2.24) is 19.7 Å². The molecule has 5 nitrogen and oxygen atoms in total. The van der Waals surface area contributed by atoms with E-state index in [4.69, 9.17) is 0 Å². The molecule has 2 fully saturated rings. The van der Waals surface area contributed by atoms with Crippen molar-refractivity contribution in [3.05, 3.63) is 15.6 Å². The molecule has 1 aromatic heterocycles. The first-order chi connectivity index (χ1) is 11.2. The normalized spacial score (nSPS) is 20.3. The quantitative estimate of drug-likeness (QED) is 0.823. The molecule has 2 aliphatic rings. The highest BCUT2D eigenvalue weighted by atomic mass is 32.1. The number of likely N-dealkylation sites (tertiary alicyclic amines) is 1. The second-order valence-corrected chi connectivity index (χ2v) is 7.63. The first-order valence-electron chi connectivity index (χ1n) is 8.87. The molecule has 0 saturated carbocycles. The number of piperazine rings is 1. The van der Waals surface area contributed by atoms with Crippen molar-refractivity contribution in [2.75, 3.05) is 52.4 Å². The summed E-state index contributed by atoms with van der Waals surface area (Å²) in [5.41, 5.74) is 0.911. The summed E-state index contributed by atoms with van der Waals surface area (Å²) in [6.45, 7) is 12.4. The lowest BCUT2D eigenvalue weighted by atomic mass is 10.2. The fourth-order valence-corrected chi connectivity index (χ4v) is 4.45. The fraction of sp³-hybridized carbons (Fsp3) is 0.765. The standard InChI is InChI=1S/C17H28N4OS/c1-3-19-10-12-21(13-11-19)17(22)16-14(2)18-15(23-16)6-9-20-7-4-5-8-20/h3-13H2,1-2H3. The average molecular weight is 337 g/mol. The van der Waals surface area contributed by atoms with Gasteiger partial charge in [0.15, 0.2) is 0 Å². The number of carbonyl (C=O) groups excluding carboxylic acids is 1. The number of hydrogen-bond acceptors (Lipinski definition) is 5. The van der Waals surface area contributed by atoms with Crippen LogP contribution < -0.4 is 0 Å². The Morgan fingerprint density at radius 1 is 1.09 bits per heavy atom. The third kappa shape index (κ3) is 4.11. The summed E-state index contributed by atoms with van der Waals surface area (Å²) in [6, 6.07) is 0. The van der Waals surface area contributed by atoms with Crippen LogP contribution in [0.4, 0.5) is 0 Å². The Morgan fingerprint density at radius 2 is 1.78 bits per heavy atom. The number of aromatic nitrogens is 1. The van der Waals surface area contributed by atoms with Gasteiger partial charge in [-0.3, -0.25) is 4.79 Å². The summed E-state index contributed by atoms with van der Waals surface area (Å²) < 4.78 is 0. The molecular weight excluding hydrogens is 308 g/mol. The van der Waals surface area contributed by atoms with Crippen LogP contribution in [0.1, 0.15) is 40.1 Å². The largest absolute Gasteiger partial charge is 0.335 e. The summed E-state index contributed by atoms with van der Waals surface area (Å²) in [5.74, 6) is 0.183. The van der Waals surface area contributed by atoms with Gasteiger partial charge in [0.1, 0.15) is 4.88 Å². The maximum absolute atomic E-state index is 12.8. The highest BCUT2D eigenvalue weighted by molar-refractivity contribution is 7.13. The molecule has 1 amide bonds. The molecule has 1 aromatic rings. The van der Waals surface area contributed by atoms with Gasteiger partial charge >= 0.3 is 0 Å². The van der Waals surface area contributed by atoms with Crippen LogP contribution in [0.3, 0.4) is 0 Å². The predicted octanol–water partition coefficient (Wildman–Crippen LogP) is 1.87. The first kappa shape index (κ1) is 16.9. The number of nitrogens with zero attached hydrogens (tertiary/aromatic N) is 4. The second-order valence-electron chi connectivity index (χ2n) is 6.55. The molecule has 0 radical (unpaired) electrons. The first-order valence-corrected chi connectivity index (χ1v) is 9.69. The molecule has 6 heteroatoms. The number of thiazole rings is 1. The van der Waals surface area contributed by atoms with Crippen molar-refractivity contribution in [3.8, 4) is 0 Å². The maximum atomic E-state index is 12.8. The van der Waals surface area contributed by atoms with Gasteiger partial charge in [0.05, 0.1) is 10.7 Å². The Kier molecular flexibility index (Phi) is 5.67. The van der Waals surface area contributed by atoms with Crippen LogP contribution in [0.2, 0.25) is 0 Å². The summed E-state index contributed by atoms with van der Waals surface area (Å²) in [4.78, 5) is 25.2. The zero-order valence-corrected chi connectivity index (χ0v) is 15.2. The van der Waals surface area contributed by atoms with Crippen LogP contribution >= 0.6 is 11.3 Å². The molecule has 3 heterocycles. The predicted molar refractivity (Wildman–Crippen MR) is 94.2 cm³/mol. The summed E-state index contributed by atoms with van der Waals surface area (Å²) in [5, 5.41) is 1.12. The average Bonchev–Trinajstić information content (AvgIpc) is 3.22. The van der Waals surface area contributed by atoms with E-state index in [1.807, 2.05) is 11.8 Å². The number of amides is 1. The van der Waals surface area contributed by atoms with Gasteiger partial charge in [0.25, 0.3) is 5.91 Å². The van der Waals surface area contributed by atoms with Crippen LogP contribution in [-0.2, 0) is 6.42 Å². The van der Waals surface area contributed by atoms with E-state index in [1.54, 1.807) is 11.3 Å². The Hall–Kier alpha value is -0.980. The van der Waals surface area contributed by atoms with Gasteiger partial charge in [0.2, 0.25) is 0 Å². The molecule has 0 unspecified atom stereocenters. The van der Waals surface area contributed by atoms with Gasteiger partial charge in [0, 0.05) is 39.1 Å². The van der Waals surface area contributed by atoms with E-state index >= 15 is 0 Å². The van der Waals surface area contributed by atoms with Gasteiger partial charge in [-0.15, -0.1) is 11.3 Å². The van der Waals surface area contributed by atoms with Crippen LogP contribution in [0.15, 0.2) is 0 Å². The third-order valence-electron chi connectivity index (χ3n) is 4.98. The Morgan fingerprint density at radius 3 is 2.43 bits per heavy atom. The van der Waals surface area contributed by atoms with Crippen molar-refractivity contribution >= 4 is 17.2 Å². The number of carbonyl (C=O) groups is 1. The van der Waals surface area contributed by atoms with Crippen molar-refractivity contribution in [2.24, 2.45) is 0 Å². The fourth-order valence-electron chi connectivity index (χ4n) is 3.43. The minimum atomic E-state index is 0.183. The highest BCUT2D eigenvalue weighted by Gasteiger charge is 2.25. The summed E-state index contributed by atoms with van der Waals surface area (Å²) in [7, 11) is 0. The van der Waals surface area contributed by atoms with Crippen LogP contribution in [0.25, 0.3) is 0 Å². The van der Waals surface area contributed by atoms with Crippen molar-refractivity contribution < 1.29 is 4.79 Å².